The van der Waals surface area contributed by atoms with Gasteiger partial charge in [0.15, 0.2) is 0 Å². The van der Waals surface area contributed by atoms with Crippen molar-refractivity contribution in [3.8, 4) is 67.1 Å². The molecule has 1 heterocycles. The van der Waals surface area contributed by atoms with Crippen LogP contribution in [-0.4, -0.2) is 0 Å². The van der Waals surface area contributed by atoms with Crippen LogP contribution in [0.2, 0.25) is 0 Å². The molecule has 0 atom stereocenters. The van der Waals surface area contributed by atoms with Gasteiger partial charge in [0.25, 0.3) is 0 Å². The van der Waals surface area contributed by atoms with E-state index in [1.54, 1.807) is 0 Å². The van der Waals surface area contributed by atoms with Crippen molar-refractivity contribution in [2.45, 2.75) is 19.3 Å². The minimum Gasteiger partial charge on any atom is -0.456 e. The van der Waals surface area contributed by atoms with Gasteiger partial charge in [0.2, 0.25) is 0 Å². The van der Waals surface area contributed by atoms with Crippen molar-refractivity contribution in [2.75, 3.05) is 0 Å². The molecule has 48 heavy (non-hydrogen) atoms. The predicted octanol–water partition coefficient (Wildman–Crippen LogP) is 13.1. The maximum Gasteiger partial charge on any atom is 0.135 e. The summed E-state index contributed by atoms with van der Waals surface area (Å²) in [6, 6.07) is 57.5. The van der Waals surface area contributed by atoms with E-state index in [1.807, 2.05) is 0 Å². The SMILES string of the molecule is CC1(C)c2ccccc2-c2c1cc(-c1cccc(-c3ccc4c5c(cccc35)-c3cc(-c5ccccc5)ccc3O4)c1)c1ccccc21. The molecular formula is C47H32O. The van der Waals surface area contributed by atoms with E-state index in [9.17, 15) is 0 Å². The van der Waals surface area contributed by atoms with Gasteiger partial charge in [0.05, 0.1) is 0 Å². The fraction of sp³-hybridized carbons (Fsp3) is 0.0638. The third kappa shape index (κ3) is 3.85. The first-order valence-corrected chi connectivity index (χ1v) is 16.8. The molecule has 0 N–H and O–H groups in total. The summed E-state index contributed by atoms with van der Waals surface area (Å²) >= 11 is 0. The van der Waals surface area contributed by atoms with E-state index in [1.165, 1.54) is 82.7 Å². The van der Waals surface area contributed by atoms with E-state index in [4.69, 9.17) is 4.74 Å². The maximum atomic E-state index is 6.56. The topological polar surface area (TPSA) is 9.23 Å². The summed E-state index contributed by atoms with van der Waals surface area (Å²) in [5, 5.41) is 4.98. The highest BCUT2D eigenvalue weighted by Gasteiger charge is 2.37. The van der Waals surface area contributed by atoms with E-state index < -0.39 is 0 Å². The van der Waals surface area contributed by atoms with Crippen LogP contribution in [0, 0.1) is 0 Å². The van der Waals surface area contributed by atoms with Gasteiger partial charge >= 0.3 is 0 Å². The van der Waals surface area contributed by atoms with E-state index in [0.29, 0.717) is 0 Å². The van der Waals surface area contributed by atoms with Crippen molar-refractivity contribution in [1.82, 2.24) is 0 Å². The van der Waals surface area contributed by atoms with Crippen molar-refractivity contribution >= 4 is 21.5 Å². The second-order valence-corrected chi connectivity index (χ2v) is 13.7. The Morgan fingerprint density at radius 1 is 0.375 bits per heavy atom. The minimum absolute atomic E-state index is 0.0742. The number of benzene rings is 8. The summed E-state index contributed by atoms with van der Waals surface area (Å²) in [5.74, 6) is 1.81. The smallest absolute Gasteiger partial charge is 0.135 e. The molecule has 0 spiro atoms. The van der Waals surface area contributed by atoms with Crippen LogP contribution < -0.4 is 4.74 Å². The number of fused-ring (bicyclic) bond motifs is 7. The molecule has 0 saturated heterocycles. The van der Waals surface area contributed by atoms with E-state index in [2.05, 4.69) is 172 Å². The highest BCUT2D eigenvalue weighted by atomic mass is 16.5. The zero-order valence-corrected chi connectivity index (χ0v) is 26.9. The summed E-state index contributed by atoms with van der Waals surface area (Å²) in [6.45, 7) is 4.73. The normalized spacial score (nSPS) is 13.5. The third-order valence-electron chi connectivity index (χ3n) is 10.7. The summed E-state index contributed by atoms with van der Waals surface area (Å²) in [6.07, 6.45) is 0. The molecule has 0 amide bonds. The maximum absolute atomic E-state index is 6.56. The van der Waals surface area contributed by atoms with Gasteiger partial charge in [-0.2, -0.15) is 0 Å². The first-order valence-electron chi connectivity index (χ1n) is 16.8. The van der Waals surface area contributed by atoms with Crippen molar-refractivity contribution in [2.24, 2.45) is 0 Å². The largest absolute Gasteiger partial charge is 0.456 e. The quantitative estimate of drug-likeness (QED) is 0.193. The molecule has 0 radical (unpaired) electrons. The van der Waals surface area contributed by atoms with E-state index in [-0.39, 0.29) is 5.41 Å². The molecule has 1 aliphatic carbocycles. The number of hydrogen-bond acceptors (Lipinski definition) is 1. The first-order chi connectivity index (χ1) is 23.6. The van der Waals surface area contributed by atoms with Gasteiger partial charge in [-0.15, -0.1) is 0 Å². The molecule has 1 aliphatic heterocycles. The molecule has 10 rings (SSSR count). The fourth-order valence-electron chi connectivity index (χ4n) is 8.34. The van der Waals surface area contributed by atoms with Gasteiger partial charge in [0, 0.05) is 16.4 Å². The van der Waals surface area contributed by atoms with Crippen molar-refractivity contribution < 1.29 is 4.74 Å². The molecule has 0 aromatic heterocycles. The summed E-state index contributed by atoms with van der Waals surface area (Å²) in [5.41, 5.74) is 15.1. The Morgan fingerprint density at radius 3 is 1.92 bits per heavy atom. The van der Waals surface area contributed by atoms with Gasteiger partial charge in [-0.25, -0.2) is 0 Å². The zero-order valence-electron chi connectivity index (χ0n) is 26.9. The summed E-state index contributed by atoms with van der Waals surface area (Å²) in [4.78, 5) is 0. The Balaban J connectivity index is 1.14. The van der Waals surface area contributed by atoms with Crippen LogP contribution in [0.25, 0.3) is 77.2 Å². The Kier molecular flexibility index (Phi) is 5.69. The van der Waals surface area contributed by atoms with Crippen LogP contribution in [-0.2, 0) is 5.41 Å². The standard InChI is InChI=1S/C47H32O/c1-47(2)41-21-9-8-18-38(41)45-36-17-7-6-16-34(36)39(28-42(45)47)32-15-10-14-31(26-32)33-23-25-44-46-35(33)19-11-20-37(46)40-27-30(22-24-43(40)48-44)29-12-4-3-5-13-29/h3-28H,1-2H3. The van der Waals surface area contributed by atoms with E-state index in [0.717, 1.165) is 17.1 Å². The number of ether oxygens (including phenoxy) is 1. The molecule has 0 fully saturated rings. The molecule has 8 aromatic carbocycles. The highest BCUT2D eigenvalue weighted by molar-refractivity contribution is 6.12. The van der Waals surface area contributed by atoms with E-state index >= 15 is 0 Å². The lowest BCUT2D eigenvalue weighted by Crippen LogP contribution is -2.15. The third-order valence-corrected chi connectivity index (χ3v) is 10.7. The minimum atomic E-state index is -0.0742. The number of rotatable bonds is 3. The van der Waals surface area contributed by atoms with Crippen molar-refractivity contribution in [3.63, 3.8) is 0 Å². The number of hydrogen-bond donors (Lipinski definition) is 0. The van der Waals surface area contributed by atoms with Gasteiger partial charge < -0.3 is 4.74 Å². The monoisotopic (exact) mass is 612 g/mol. The fourth-order valence-corrected chi connectivity index (χ4v) is 8.34. The lowest BCUT2D eigenvalue weighted by molar-refractivity contribution is 0.487. The van der Waals surface area contributed by atoms with Gasteiger partial charge in [-0.3, -0.25) is 0 Å². The second-order valence-electron chi connectivity index (χ2n) is 13.7. The molecule has 1 nitrogen and oxygen atoms in total. The lowest BCUT2D eigenvalue weighted by Gasteiger charge is -2.24. The predicted molar refractivity (Wildman–Crippen MR) is 201 cm³/mol. The van der Waals surface area contributed by atoms with Gasteiger partial charge in [-0.05, 0) is 108 Å². The zero-order chi connectivity index (χ0) is 32.0. The highest BCUT2D eigenvalue weighted by Crippen LogP contribution is 2.54. The molecule has 0 unspecified atom stereocenters. The van der Waals surface area contributed by atoms with Gasteiger partial charge in [0.1, 0.15) is 11.5 Å². The molecule has 226 valence electrons. The van der Waals surface area contributed by atoms with Crippen molar-refractivity contribution in [3.05, 3.63) is 169 Å². The Bertz CT molecular complexity index is 2610. The van der Waals surface area contributed by atoms with Gasteiger partial charge in [-0.1, -0.05) is 141 Å². The second kappa shape index (κ2) is 10.0. The Morgan fingerprint density at radius 2 is 1.04 bits per heavy atom. The first kappa shape index (κ1) is 27.2. The molecule has 8 aromatic rings. The average molecular weight is 613 g/mol. The van der Waals surface area contributed by atoms with Crippen LogP contribution in [0.5, 0.6) is 11.5 Å². The van der Waals surface area contributed by atoms with Crippen LogP contribution >= 0.6 is 0 Å². The lowest BCUT2D eigenvalue weighted by atomic mass is 9.80. The summed E-state index contributed by atoms with van der Waals surface area (Å²) in [7, 11) is 0. The van der Waals surface area contributed by atoms with Crippen LogP contribution in [0.15, 0.2) is 158 Å². The average Bonchev–Trinajstić information content (AvgIpc) is 3.38. The molecular weight excluding hydrogens is 581 g/mol. The van der Waals surface area contributed by atoms with Crippen molar-refractivity contribution in [1.29, 1.82) is 0 Å². The molecule has 2 aliphatic rings. The van der Waals surface area contributed by atoms with Crippen LogP contribution in [0.4, 0.5) is 0 Å². The Hall–Kier alpha value is -5.92. The van der Waals surface area contributed by atoms with Crippen LogP contribution in [0.1, 0.15) is 25.0 Å². The molecule has 0 saturated carbocycles. The molecule has 1 heteroatoms. The Labute approximate surface area is 280 Å². The van der Waals surface area contributed by atoms with Crippen LogP contribution in [0.3, 0.4) is 0 Å². The molecule has 0 bridgehead atoms. The summed E-state index contributed by atoms with van der Waals surface area (Å²) < 4.78 is 6.56.